The summed E-state index contributed by atoms with van der Waals surface area (Å²) in [6.07, 6.45) is 3.52. The Bertz CT molecular complexity index is 3200. The lowest BCUT2D eigenvalue weighted by molar-refractivity contribution is -0.140. The number of carboxylic acids is 2. The highest BCUT2D eigenvalue weighted by Gasteiger charge is 2.36. The number of carbonyl (C=O) groups is 4. The van der Waals surface area contributed by atoms with E-state index < -0.39 is 36.8 Å². The van der Waals surface area contributed by atoms with Crippen molar-refractivity contribution in [2.75, 3.05) is 39.4 Å². The van der Waals surface area contributed by atoms with Crippen LogP contribution in [0.2, 0.25) is 0 Å². The number of amides is 2. The van der Waals surface area contributed by atoms with Crippen LogP contribution in [-0.4, -0.2) is 72.2 Å². The van der Waals surface area contributed by atoms with Crippen LogP contribution in [0.3, 0.4) is 0 Å². The Morgan fingerprint density at radius 2 is 0.863 bits per heavy atom. The third-order valence-corrected chi connectivity index (χ3v) is 16.4. The van der Waals surface area contributed by atoms with Crippen molar-refractivity contribution in [3.8, 4) is 0 Å². The van der Waals surface area contributed by atoms with Crippen molar-refractivity contribution < 1.29 is 29.4 Å². The zero-order valence-corrected chi connectivity index (χ0v) is 44.2. The SMILES string of the molecule is Cc1ccc(N(c2ccc(/C=C3/SC(=S)N(CC(=O)O)C3=O)cc2)c2cc(C)c3c(c2)CN2CN3Cc3cc(N(c4ccc(/C=C5/SC(=S)N(CC(=O)O)C5=O)cc4)c4ccc(C)c(C)c4)cc(C)c32)cc1C. The fourth-order valence-corrected chi connectivity index (χ4v) is 12.5. The fourth-order valence-electron chi connectivity index (χ4n) is 9.99. The first-order valence-electron chi connectivity index (χ1n) is 23.6. The lowest BCUT2D eigenvalue weighted by atomic mass is 9.95. The highest BCUT2D eigenvalue weighted by Crippen LogP contribution is 2.48. The van der Waals surface area contributed by atoms with Crippen molar-refractivity contribution in [3.63, 3.8) is 0 Å². The number of carbonyl (C=O) groups excluding carboxylic acids is 2. The molecule has 10 rings (SSSR count). The van der Waals surface area contributed by atoms with Crippen molar-refractivity contribution in [1.82, 2.24) is 9.80 Å². The first kappa shape index (κ1) is 49.3. The number of fused-ring (bicyclic) bond motifs is 6. The van der Waals surface area contributed by atoms with Crippen molar-refractivity contribution in [3.05, 3.63) is 175 Å². The van der Waals surface area contributed by atoms with Crippen LogP contribution in [0.1, 0.15) is 55.6 Å². The maximum absolute atomic E-state index is 13.1. The zero-order chi connectivity index (χ0) is 51.6. The number of nitrogens with zero attached hydrogens (tertiary/aromatic N) is 6. The summed E-state index contributed by atoms with van der Waals surface area (Å²) in [6, 6.07) is 38.3. The van der Waals surface area contributed by atoms with Gasteiger partial charge in [0.25, 0.3) is 11.8 Å². The van der Waals surface area contributed by atoms with E-state index in [1.165, 1.54) is 55.9 Å². The van der Waals surface area contributed by atoms with Crippen molar-refractivity contribution >= 4 is 138 Å². The van der Waals surface area contributed by atoms with Crippen LogP contribution in [-0.2, 0) is 32.3 Å². The van der Waals surface area contributed by atoms with Gasteiger partial charge >= 0.3 is 11.9 Å². The number of aryl methyl sites for hydroxylation is 6. The monoisotopic (exact) mass is 1040 g/mol. The summed E-state index contributed by atoms with van der Waals surface area (Å²) in [5.41, 5.74) is 19.6. The molecule has 2 bridgehead atoms. The number of thioether (sulfide) groups is 2. The van der Waals surface area contributed by atoms with Crippen LogP contribution in [0.15, 0.2) is 119 Å². The summed E-state index contributed by atoms with van der Waals surface area (Å²) in [4.78, 5) is 61.4. The molecule has 12 nitrogen and oxygen atoms in total. The third-order valence-electron chi connectivity index (χ3n) is 13.7. The Morgan fingerprint density at radius 3 is 1.22 bits per heavy atom. The minimum absolute atomic E-state index is 0.231. The van der Waals surface area contributed by atoms with E-state index >= 15 is 0 Å². The maximum Gasteiger partial charge on any atom is 0.323 e. The number of aliphatic carboxylic acids is 2. The average molecular weight is 1040 g/mol. The van der Waals surface area contributed by atoms with Crippen LogP contribution < -0.4 is 19.6 Å². The summed E-state index contributed by atoms with van der Waals surface area (Å²) in [5.74, 6) is -3.05. The molecule has 0 saturated carbocycles. The lowest BCUT2D eigenvalue weighted by Crippen LogP contribution is -2.46. The number of rotatable bonds is 12. The molecule has 0 aromatic heterocycles. The zero-order valence-electron chi connectivity index (χ0n) is 40.9. The minimum atomic E-state index is -1.12. The van der Waals surface area contributed by atoms with Crippen molar-refractivity contribution in [2.45, 2.75) is 54.6 Å². The molecule has 16 heteroatoms. The molecule has 0 spiro atoms. The molecular formula is C57H50N6O6S4. The van der Waals surface area contributed by atoms with E-state index in [4.69, 9.17) is 24.4 Å². The maximum atomic E-state index is 13.1. The Morgan fingerprint density at radius 1 is 0.507 bits per heavy atom. The topological polar surface area (TPSA) is 128 Å². The van der Waals surface area contributed by atoms with Gasteiger partial charge in [0.15, 0.2) is 0 Å². The smallest absolute Gasteiger partial charge is 0.323 e. The average Bonchev–Trinajstić information content (AvgIpc) is 3.75. The summed E-state index contributed by atoms with van der Waals surface area (Å²) < 4.78 is 0.462. The van der Waals surface area contributed by atoms with E-state index in [0.717, 1.165) is 85.2 Å². The Kier molecular flexibility index (Phi) is 13.3. The molecule has 6 aromatic carbocycles. The number of hydrogen-bond acceptors (Lipinski definition) is 12. The molecule has 2 N–H and O–H groups in total. The Labute approximate surface area is 443 Å². The van der Waals surface area contributed by atoms with Gasteiger partial charge in [-0.15, -0.1) is 0 Å². The molecule has 73 heavy (non-hydrogen) atoms. The summed E-state index contributed by atoms with van der Waals surface area (Å²) in [5, 5.41) is 18.6. The van der Waals surface area contributed by atoms with E-state index in [-0.39, 0.29) is 8.64 Å². The predicted molar refractivity (Wildman–Crippen MR) is 303 cm³/mol. The molecule has 368 valence electrons. The van der Waals surface area contributed by atoms with Crippen molar-refractivity contribution in [1.29, 1.82) is 0 Å². The molecular weight excluding hydrogens is 993 g/mol. The van der Waals surface area contributed by atoms with E-state index in [1.54, 1.807) is 12.2 Å². The lowest BCUT2D eigenvalue weighted by Gasteiger charge is -2.47. The molecule has 0 aliphatic carbocycles. The number of carboxylic acid groups (broad SMARTS) is 2. The normalized spacial score (nSPS) is 16.2. The second-order valence-corrected chi connectivity index (χ2v) is 22.1. The Balaban J connectivity index is 0.969. The first-order valence-corrected chi connectivity index (χ1v) is 26.0. The van der Waals surface area contributed by atoms with Crippen LogP contribution in [0.5, 0.6) is 0 Å². The number of anilines is 8. The summed E-state index contributed by atoms with van der Waals surface area (Å²) in [7, 11) is 0. The molecule has 4 aliphatic heterocycles. The molecule has 0 unspecified atom stereocenters. The molecule has 6 aromatic rings. The molecule has 4 heterocycles. The van der Waals surface area contributed by atoms with Gasteiger partial charge in [-0.25, -0.2) is 0 Å². The second kappa shape index (κ2) is 19.6. The summed E-state index contributed by atoms with van der Waals surface area (Å²) >= 11 is 12.9. The van der Waals surface area contributed by atoms with Gasteiger partial charge in [0.05, 0.1) is 16.5 Å². The summed E-state index contributed by atoms with van der Waals surface area (Å²) in [6.45, 7) is 14.1. The highest BCUT2D eigenvalue weighted by atomic mass is 32.2. The molecule has 0 atom stereocenters. The molecule has 4 aliphatic rings. The standard InChI is InChI=1S/C57H50N6O6S4/c1-32-7-13-44(19-34(32)3)62(42-15-9-38(10-16-42)23-48-54(68)60(29-50(64)65)56(70)72-48)46-21-36(5)52-40(25-46)27-58-31-59(52)28-41-26-47(22-37(6)53(41)58)63(45-14-8-33(2)35(4)20-45)43-17-11-39(12-18-43)24-49-55(69)61(30-51(66)67)57(71)73-49/h7-26H,27-31H2,1-6H3,(H,64,65)(H,66,67)/b48-23+,49-24+. The fraction of sp³-hybridized carbons (Fsp3) is 0.193. The van der Waals surface area contributed by atoms with E-state index in [0.29, 0.717) is 22.9 Å². The van der Waals surface area contributed by atoms with Gasteiger partial charge in [0.2, 0.25) is 0 Å². The number of benzene rings is 6. The van der Waals surface area contributed by atoms with Gasteiger partial charge in [-0.1, -0.05) is 84.4 Å². The van der Waals surface area contributed by atoms with E-state index in [1.807, 2.05) is 48.5 Å². The van der Waals surface area contributed by atoms with Gasteiger partial charge in [-0.3, -0.25) is 29.0 Å². The number of hydrogen-bond donors (Lipinski definition) is 2. The van der Waals surface area contributed by atoms with E-state index in [2.05, 4.69) is 122 Å². The first-order chi connectivity index (χ1) is 34.9. The van der Waals surface area contributed by atoms with Crippen LogP contribution >= 0.6 is 48.0 Å². The van der Waals surface area contributed by atoms with Gasteiger partial charge < -0.3 is 29.8 Å². The van der Waals surface area contributed by atoms with E-state index in [9.17, 15) is 29.4 Å². The highest BCUT2D eigenvalue weighted by molar-refractivity contribution is 8.27. The quantitative estimate of drug-likeness (QED) is 0.0891. The number of thiocarbonyl (C=S) groups is 2. The van der Waals surface area contributed by atoms with Gasteiger partial charge in [-0.2, -0.15) is 0 Å². The van der Waals surface area contributed by atoms with Crippen LogP contribution in [0.25, 0.3) is 12.2 Å². The molecule has 0 radical (unpaired) electrons. The van der Waals surface area contributed by atoms with Crippen molar-refractivity contribution in [2.24, 2.45) is 0 Å². The minimum Gasteiger partial charge on any atom is -0.480 e. The molecule has 2 saturated heterocycles. The Hall–Kier alpha value is -7.24. The van der Waals surface area contributed by atoms with Crippen LogP contribution in [0, 0.1) is 41.5 Å². The molecule has 2 fully saturated rings. The third kappa shape index (κ3) is 9.63. The predicted octanol–water partition coefficient (Wildman–Crippen LogP) is 12.3. The van der Waals surface area contributed by atoms with Gasteiger partial charge in [0.1, 0.15) is 21.7 Å². The van der Waals surface area contributed by atoms with Gasteiger partial charge in [0, 0.05) is 58.6 Å². The molecule has 2 amide bonds. The largest absolute Gasteiger partial charge is 0.480 e. The van der Waals surface area contributed by atoms with Gasteiger partial charge in [-0.05, 0) is 182 Å². The second-order valence-electron chi connectivity index (χ2n) is 18.8. The van der Waals surface area contributed by atoms with Crippen LogP contribution in [0.4, 0.5) is 45.5 Å².